The molecule has 0 rings (SSSR count). The molecule has 15 heavy (non-hydrogen) atoms. The summed E-state index contributed by atoms with van der Waals surface area (Å²) in [6, 6.07) is 0. The van der Waals surface area contributed by atoms with Gasteiger partial charge in [0.1, 0.15) is 5.72 Å². The van der Waals surface area contributed by atoms with Crippen LogP contribution in [0.15, 0.2) is 0 Å². The molecule has 1 unspecified atom stereocenters. The van der Waals surface area contributed by atoms with Crippen molar-refractivity contribution in [3.05, 3.63) is 0 Å². The van der Waals surface area contributed by atoms with Crippen molar-refractivity contribution in [3.8, 4) is 0 Å². The number of hydrogen-bond donors (Lipinski definition) is 4. The Hall–Kier alpha value is -1.18. The van der Waals surface area contributed by atoms with Crippen molar-refractivity contribution in [2.45, 2.75) is 12.6 Å². The Morgan fingerprint density at radius 3 is 2.20 bits per heavy atom. The minimum absolute atomic E-state index is 0.198. The summed E-state index contributed by atoms with van der Waals surface area (Å²) in [6.07, 6.45) is 0. The van der Waals surface area contributed by atoms with E-state index in [1.165, 1.54) is 7.11 Å². The van der Waals surface area contributed by atoms with E-state index in [4.69, 9.17) is 14.9 Å². The van der Waals surface area contributed by atoms with Crippen LogP contribution in [0.3, 0.4) is 0 Å². The van der Waals surface area contributed by atoms with Gasteiger partial charge in [0, 0.05) is 13.7 Å². The van der Waals surface area contributed by atoms with E-state index in [-0.39, 0.29) is 19.6 Å². The van der Waals surface area contributed by atoms with E-state index in [0.29, 0.717) is 0 Å². The van der Waals surface area contributed by atoms with Crippen molar-refractivity contribution >= 4 is 11.9 Å². The first-order valence-corrected chi connectivity index (χ1v) is 4.34. The van der Waals surface area contributed by atoms with Gasteiger partial charge in [-0.15, -0.1) is 0 Å². The van der Waals surface area contributed by atoms with E-state index in [1.54, 1.807) is 6.92 Å². The van der Waals surface area contributed by atoms with Crippen LogP contribution >= 0.6 is 0 Å². The molecule has 88 valence electrons. The van der Waals surface area contributed by atoms with Crippen LogP contribution in [0.4, 0.5) is 0 Å². The maximum Gasteiger partial charge on any atom is 0.317 e. The number of carboxylic acid groups (broad SMARTS) is 2. The van der Waals surface area contributed by atoms with Crippen LogP contribution in [-0.2, 0) is 14.3 Å². The lowest BCUT2D eigenvalue weighted by molar-refractivity contribution is -0.139. The summed E-state index contributed by atoms with van der Waals surface area (Å²) < 4.78 is 5.04. The fourth-order valence-electron chi connectivity index (χ4n) is 0.877. The topological polar surface area (TPSA) is 108 Å². The molecule has 0 spiro atoms. The largest absolute Gasteiger partial charge is 0.480 e. The maximum absolute atomic E-state index is 10.3. The van der Waals surface area contributed by atoms with E-state index in [1.807, 2.05) is 0 Å². The number of ether oxygens (including phenoxy) is 1. The zero-order valence-electron chi connectivity index (χ0n) is 8.74. The first-order valence-electron chi connectivity index (χ1n) is 4.34. The van der Waals surface area contributed by atoms with E-state index < -0.39 is 17.7 Å². The molecule has 0 bridgehead atoms. The quantitative estimate of drug-likeness (QED) is 0.376. The molecule has 0 aromatic rings. The van der Waals surface area contributed by atoms with Crippen LogP contribution < -0.4 is 10.6 Å². The molecule has 0 heterocycles. The van der Waals surface area contributed by atoms with Gasteiger partial charge in [0.25, 0.3) is 0 Å². The minimum atomic E-state index is -1.00. The molecular weight excluding hydrogens is 204 g/mol. The van der Waals surface area contributed by atoms with Gasteiger partial charge in [-0.25, -0.2) is 0 Å². The standard InChI is InChI=1S/C8H16N2O5/c1-8(15-2,10-4-7(13)14)5-9-3-6(11)12/h9-10H,3-5H2,1-2H3,(H,11,12)(H,13,14). The average molecular weight is 220 g/mol. The first kappa shape index (κ1) is 13.8. The van der Waals surface area contributed by atoms with Crippen LogP contribution in [0.5, 0.6) is 0 Å². The van der Waals surface area contributed by atoms with E-state index >= 15 is 0 Å². The van der Waals surface area contributed by atoms with Gasteiger partial charge in [0.05, 0.1) is 13.1 Å². The number of aliphatic carboxylic acids is 2. The zero-order valence-corrected chi connectivity index (χ0v) is 8.74. The third kappa shape index (κ3) is 6.83. The molecule has 0 aliphatic heterocycles. The zero-order chi connectivity index (χ0) is 11.9. The molecular formula is C8H16N2O5. The highest BCUT2D eigenvalue weighted by molar-refractivity contribution is 5.69. The fraction of sp³-hybridized carbons (Fsp3) is 0.750. The lowest BCUT2D eigenvalue weighted by Crippen LogP contribution is -2.53. The van der Waals surface area contributed by atoms with Gasteiger partial charge < -0.3 is 20.3 Å². The van der Waals surface area contributed by atoms with E-state index in [9.17, 15) is 9.59 Å². The molecule has 0 aliphatic rings. The number of hydrogen-bond acceptors (Lipinski definition) is 5. The highest BCUT2D eigenvalue weighted by Gasteiger charge is 2.23. The normalized spacial score (nSPS) is 14.5. The van der Waals surface area contributed by atoms with Crippen LogP contribution in [0.25, 0.3) is 0 Å². The number of carbonyl (C=O) groups is 2. The van der Waals surface area contributed by atoms with E-state index in [0.717, 1.165) is 0 Å². The van der Waals surface area contributed by atoms with Crippen LogP contribution in [-0.4, -0.2) is 54.6 Å². The number of nitrogens with one attached hydrogen (secondary N) is 2. The highest BCUT2D eigenvalue weighted by Crippen LogP contribution is 2.01. The van der Waals surface area contributed by atoms with E-state index in [2.05, 4.69) is 10.6 Å². The smallest absolute Gasteiger partial charge is 0.317 e. The number of methoxy groups -OCH3 is 1. The summed E-state index contributed by atoms with van der Waals surface area (Å²) in [5, 5.41) is 22.1. The van der Waals surface area contributed by atoms with Gasteiger partial charge in [0.2, 0.25) is 0 Å². The summed E-state index contributed by atoms with van der Waals surface area (Å²) in [5.41, 5.74) is -0.895. The Morgan fingerprint density at radius 2 is 1.80 bits per heavy atom. The monoisotopic (exact) mass is 220 g/mol. The minimum Gasteiger partial charge on any atom is -0.480 e. The van der Waals surface area contributed by atoms with Gasteiger partial charge in [-0.2, -0.15) is 0 Å². The Balaban J connectivity index is 3.95. The second kappa shape index (κ2) is 6.33. The molecule has 1 atom stereocenters. The summed E-state index contributed by atoms with van der Waals surface area (Å²) in [6.45, 7) is 1.38. The number of carboxylic acids is 2. The Morgan fingerprint density at radius 1 is 1.27 bits per heavy atom. The number of rotatable bonds is 8. The second-order valence-electron chi connectivity index (χ2n) is 3.18. The summed E-state index contributed by atoms with van der Waals surface area (Å²) >= 11 is 0. The van der Waals surface area contributed by atoms with Gasteiger partial charge in [-0.1, -0.05) is 0 Å². The van der Waals surface area contributed by atoms with Crippen LogP contribution in [0, 0.1) is 0 Å². The molecule has 0 aromatic heterocycles. The van der Waals surface area contributed by atoms with Crippen LogP contribution in [0.1, 0.15) is 6.92 Å². The molecule has 0 saturated carbocycles. The van der Waals surface area contributed by atoms with Crippen molar-refractivity contribution in [3.63, 3.8) is 0 Å². The van der Waals surface area contributed by atoms with Crippen molar-refractivity contribution < 1.29 is 24.5 Å². The third-order valence-corrected chi connectivity index (χ3v) is 1.80. The second-order valence-corrected chi connectivity index (χ2v) is 3.18. The molecule has 0 fully saturated rings. The van der Waals surface area contributed by atoms with Crippen molar-refractivity contribution in [2.24, 2.45) is 0 Å². The van der Waals surface area contributed by atoms with Crippen molar-refractivity contribution in [2.75, 3.05) is 26.7 Å². The molecule has 4 N–H and O–H groups in total. The average Bonchev–Trinajstić information content (AvgIpc) is 2.14. The summed E-state index contributed by atoms with van der Waals surface area (Å²) in [5.74, 6) is -1.98. The van der Waals surface area contributed by atoms with Gasteiger partial charge in [-0.05, 0) is 6.92 Å². The van der Waals surface area contributed by atoms with Crippen molar-refractivity contribution in [1.82, 2.24) is 10.6 Å². The summed E-state index contributed by atoms with van der Waals surface area (Å²) in [7, 11) is 1.41. The molecule has 7 heteroatoms. The molecule has 0 aromatic carbocycles. The highest BCUT2D eigenvalue weighted by atomic mass is 16.5. The maximum atomic E-state index is 10.3. The third-order valence-electron chi connectivity index (χ3n) is 1.80. The Labute approximate surface area is 87.4 Å². The predicted octanol–water partition coefficient (Wildman–Crippen LogP) is -1.30. The summed E-state index contributed by atoms with van der Waals surface area (Å²) in [4.78, 5) is 20.5. The Bertz CT molecular complexity index is 233. The van der Waals surface area contributed by atoms with Gasteiger partial charge in [-0.3, -0.25) is 14.9 Å². The molecule has 0 saturated heterocycles. The van der Waals surface area contributed by atoms with Gasteiger partial charge in [0.15, 0.2) is 0 Å². The molecule has 0 amide bonds. The molecule has 7 nitrogen and oxygen atoms in total. The van der Waals surface area contributed by atoms with Gasteiger partial charge >= 0.3 is 11.9 Å². The molecule has 0 aliphatic carbocycles. The Kier molecular flexibility index (Phi) is 5.83. The predicted molar refractivity (Wildman–Crippen MR) is 51.6 cm³/mol. The van der Waals surface area contributed by atoms with Crippen LogP contribution in [0.2, 0.25) is 0 Å². The first-order chi connectivity index (χ1) is 6.89. The lowest BCUT2D eigenvalue weighted by Gasteiger charge is -2.28. The molecule has 0 radical (unpaired) electrons. The lowest BCUT2D eigenvalue weighted by atomic mass is 10.2. The fourth-order valence-corrected chi connectivity index (χ4v) is 0.877. The van der Waals surface area contributed by atoms with Crippen molar-refractivity contribution in [1.29, 1.82) is 0 Å². The SMILES string of the molecule is COC(C)(CNCC(=O)O)NCC(=O)O.